The molecule has 1 saturated heterocycles. The summed E-state index contributed by atoms with van der Waals surface area (Å²) in [6.45, 7) is 3.90. The summed E-state index contributed by atoms with van der Waals surface area (Å²) in [4.78, 5) is 24.3. The number of benzene rings is 2. The zero-order valence-corrected chi connectivity index (χ0v) is 16.6. The maximum atomic E-state index is 13.0. The molecule has 0 saturated carbocycles. The highest BCUT2D eigenvalue weighted by atomic mass is 32.2. The maximum Gasteiger partial charge on any atom is 0.248 e. The number of hydrogen-bond donors (Lipinski definition) is 2. The molecule has 1 atom stereocenters. The quantitative estimate of drug-likeness (QED) is 0.800. The number of nitrogens with one attached hydrogen (secondary N) is 1. The van der Waals surface area contributed by atoms with Crippen molar-refractivity contribution in [2.45, 2.75) is 37.6 Å². The van der Waals surface area contributed by atoms with E-state index in [1.165, 1.54) is 4.31 Å². The summed E-state index contributed by atoms with van der Waals surface area (Å²) in [5.41, 5.74) is 7.77. The van der Waals surface area contributed by atoms with Crippen LogP contribution in [0.2, 0.25) is 0 Å². The molecule has 148 valence electrons. The van der Waals surface area contributed by atoms with Gasteiger partial charge in [0.15, 0.2) is 0 Å². The molecule has 3 N–H and O–H groups in total. The second-order valence-corrected chi connectivity index (χ2v) is 8.86. The van der Waals surface area contributed by atoms with Crippen LogP contribution < -0.4 is 11.1 Å². The first-order valence-corrected chi connectivity index (χ1v) is 10.4. The van der Waals surface area contributed by atoms with Crippen LogP contribution in [0.1, 0.15) is 34.3 Å². The van der Waals surface area contributed by atoms with Gasteiger partial charge in [0.25, 0.3) is 0 Å². The molecule has 28 heavy (non-hydrogen) atoms. The van der Waals surface area contributed by atoms with E-state index in [1.54, 1.807) is 49.4 Å². The summed E-state index contributed by atoms with van der Waals surface area (Å²) in [5.74, 6) is -0.930. The van der Waals surface area contributed by atoms with Crippen LogP contribution in [0, 0.1) is 13.8 Å². The van der Waals surface area contributed by atoms with Crippen LogP contribution in [0.3, 0.4) is 0 Å². The lowest BCUT2D eigenvalue weighted by molar-refractivity contribution is -0.119. The van der Waals surface area contributed by atoms with Crippen LogP contribution in [0.25, 0.3) is 0 Å². The largest absolute Gasteiger partial charge is 0.366 e. The molecule has 0 radical (unpaired) electrons. The minimum Gasteiger partial charge on any atom is -0.366 e. The minimum atomic E-state index is -3.76. The zero-order valence-electron chi connectivity index (χ0n) is 15.8. The molecule has 0 spiro atoms. The van der Waals surface area contributed by atoms with Crippen molar-refractivity contribution < 1.29 is 18.0 Å². The molecule has 1 fully saturated rings. The SMILES string of the molecule is Cc1ccc(S(=O)(=O)N2CCC[C@H]2C(=O)Nc2ccc(C(N)=O)c(C)c2)cc1. The molecule has 0 aliphatic carbocycles. The van der Waals surface area contributed by atoms with E-state index in [4.69, 9.17) is 5.73 Å². The molecule has 8 heteroatoms. The Bertz CT molecular complexity index is 1020. The molecule has 1 aliphatic heterocycles. The molecule has 2 amide bonds. The van der Waals surface area contributed by atoms with Crippen LogP contribution in [0.15, 0.2) is 47.4 Å². The van der Waals surface area contributed by atoms with Gasteiger partial charge in [-0.05, 0) is 62.6 Å². The first-order valence-electron chi connectivity index (χ1n) is 9.00. The number of aryl methyl sites for hydroxylation is 2. The van der Waals surface area contributed by atoms with Gasteiger partial charge in [0.05, 0.1) is 4.90 Å². The van der Waals surface area contributed by atoms with Gasteiger partial charge >= 0.3 is 0 Å². The van der Waals surface area contributed by atoms with Crippen molar-refractivity contribution in [2.75, 3.05) is 11.9 Å². The van der Waals surface area contributed by atoms with Crippen molar-refractivity contribution in [1.29, 1.82) is 0 Å². The van der Waals surface area contributed by atoms with Crippen molar-refractivity contribution >= 4 is 27.5 Å². The van der Waals surface area contributed by atoms with E-state index in [-0.39, 0.29) is 10.8 Å². The van der Waals surface area contributed by atoms with Crippen molar-refractivity contribution in [3.8, 4) is 0 Å². The van der Waals surface area contributed by atoms with Gasteiger partial charge in [-0.25, -0.2) is 8.42 Å². The Morgan fingerprint density at radius 3 is 2.39 bits per heavy atom. The second kappa shape index (κ2) is 7.73. The number of nitrogens with zero attached hydrogens (tertiary/aromatic N) is 1. The van der Waals surface area contributed by atoms with Crippen molar-refractivity contribution in [3.63, 3.8) is 0 Å². The first kappa shape index (κ1) is 20.0. The zero-order chi connectivity index (χ0) is 20.5. The fourth-order valence-electron chi connectivity index (χ4n) is 3.38. The Kier molecular flexibility index (Phi) is 5.53. The fourth-order valence-corrected chi connectivity index (χ4v) is 5.04. The summed E-state index contributed by atoms with van der Waals surface area (Å²) in [6.07, 6.45) is 1.07. The van der Waals surface area contributed by atoms with Gasteiger partial charge in [-0.1, -0.05) is 17.7 Å². The third-order valence-corrected chi connectivity index (χ3v) is 6.82. The van der Waals surface area contributed by atoms with Gasteiger partial charge in [0, 0.05) is 17.8 Å². The minimum absolute atomic E-state index is 0.180. The average Bonchev–Trinajstić information content (AvgIpc) is 3.12. The van der Waals surface area contributed by atoms with Gasteiger partial charge < -0.3 is 11.1 Å². The topological polar surface area (TPSA) is 110 Å². The van der Waals surface area contributed by atoms with E-state index in [2.05, 4.69) is 5.32 Å². The molecule has 2 aromatic rings. The van der Waals surface area contributed by atoms with E-state index >= 15 is 0 Å². The molecule has 1 aliphatic rings. The lowest BCUT2D eigenvalue weighted by atomic mass is 10.1. The van der Waals surface area contributed by atoms with E-state index in [0.29, 0.717) is 36.2 Å². The lowest BCUT2D eigenvalue weighted by Crippen LogP contribution is -2.43. The summed E-state index contributed by atoms with van der Waals surface area (Å²) in [7, 11) is -3.76. The number of hydrogen-bond acceptors (Lipinski definition) is 4. The van der Waals surface area contributed by atoms with Crippen LogP contribution in [0.4, 0.5) is 5.69 Å². The maximum absolute atomic E-state index is 13.0. The number of carbonyl (C=O) groups excluding carboxylic acids is 2. The highest BCUT2D eigenvalue weighted by Crippen LogP contribution is 2.27. The molecule has 0 unspecified atom stereocenters. The number of sulfonamides is 1. The standard InChI is InChI=1S/C20H23N3O4S/c1-13-5-8-16(9-6-13)28(26,27)23-11-3-4-18(23)20(25)22-15-7-10-17(19(21)24)14(2)12-15/h5-10,12,18H,3-4,11H2,1-2H3,(H2,21,24)(H,22,25)/t18-/m0/s1. The van der Waals surface area contributed by atoms with Crippen molar-refractivity contribution in [2.24, 2.45) is 5.73 Å². The van der Waals surface area contributed by atoms with E-state index in [1.807, 2.05) is 6.92 Å². The Morgan fingerprint density at radius 1 is 1.11 bits per heavy atom. The summed E-state index contributed by atoms with van der Waals surface area (Å²) < 4.78 is 27.2. The van der Waals surface area contributed by atoms with E-state index < -0.39 is 22.0 Å². The van der Waals surface area contributed by atoms with E-state index in [9.17, 15) is 18.0 Å². The summed E-state index contributed by atoms with van der Waals surface area (Å²) in [5, 5.41) is 2.76. The molecule has 2 aromatic carbocycles. The number of anilines is 1. The van der Waals surface area contributed by atoms with Crippen LogP contribution in [0.5, 0.6) is 0 Å². The highest BCUT2D eigenvalue weighted by Gasteiger charge is 2.39. The summed E-state index contributed by atoms with van der Waals surface area (Å²) in [6, 6.07) is 10.6. The van der Waals surface area contributed by atoms with Gasteiger partial charge in [-0.3, -0.25) is 9.59 Å². The smallest absolute Gasteiger partial charge is 0.248 e. The second-order valence-electron chi connectivity index (χ2n) is 6.97. The molecule has 0 bridgehead atoms. The van der Waals surface area contributed by atoms with Gasteiger partial charge in [-0.2, -0.15) is 4.31 Å². The third kappa shape index (κ3) is 3.93. The number of rotatable bonds is 5. The monoisotopic (exact) mass is 401 g/mol. The average molecular weight is 401 g/mol. The first-order chi connectivity index (χ1) is 13.2. The van der Waals surface area contributed by atoms with Crippen LogP contribution in [-0.4, -0.2) is 37.1 Å². The Hall–Kier alpha value is -2.71. The highest BCUT2D eigenvalue weighted by molar-refractivity contribution is 7.89. The fraction of sp³-hybridized carbons (Fsp3) is 0.300. The third-order valence-electron chi connectivity index (χ3n) is 4.89. The van der Waals surface area contributed by atoms with Crippen LogP contribution in [-0.2, 0) is 14.8 Å². The lowest BCUT2D eigenvalue weighted by Gasteiger charge is -2.23. The van der Waals surface area contributed by atoms with Crippen molar-refractivity contribution in [3.05, 3.63) is 59.2 Å². The predicted octanol–water partition coefficient (Wildman–Crippen LogP) is 2.19. The number of amides is 2. The van der Waals surface area contributed by atoms with Crippen molar-refractivity contribution in [1.82, 2.24) is 4.31 Å². The summed E-state index contributed by atoms with van der Waals surface area (Å²) >= 11 is 0. The molecular weight excluding hydrogens is 378 g/mol. The predicted molar refractivity (Wildman–Crippen MR) is 106 cm³/mol. The molecule has 7 nitrogen and oxygen atoms in total. The normalized spacial score (nSPS) is 17.4. The number of primary amides is 1. The Balaban J connectivity index is 1.80. The Labute approximate surface area is 164 Å². The number of nitrogens with two attached hydrogens (primary N) is 1. The van der Waals surface area contributed by atoms with Crippen LogP contribution >= 0.6 is 0 Å². The molecule has 3 rings (SSSR count). The molecule has 1 heterocycles. The molecule has 0 aromatic heterocycles. The molecular formula is C20H23N3O4S. The van der Waals surface area contributed by atoms with Gasteiger partial charge in [-0.15, -0.1) is 0 Å². The van der Waals surface area contributed by atoms with Gasteiger partial charge in [0.2, 0.25) is 21.8 Å². The number of carbonyl (C=O) groups is 2. The van der Waals surface area contributed by atoms with Gasteiger partial charge in [0.1, 0.15) is 6.04 Å². The Morgan fingerprint density at radius 2 is 1.79 bits per heavy atom. The van der Waals surface area contributed by atoms with E-state index in [0.717, 1.165) is 5.56 Å².